The van der Waals surface area contributed by atoms with Crippen LogP contribution < -0.4 is 15.0 Å². The lowest BCUT2D eigenvalue weighted by Crippen LogP contribution is -2.33. The van der Waals surface area contributed by atoms with Gasteiger partial charge in [-0.2, -0.15) is 0 Å². The number of hydrogen-bond donors (Lipinski definition) is 1. The number of anilines is 1. The highest BCUT2D eigenvalue weighted by atomic mass is 16.5. The second kappa shape index (κ2) is 9.93. The van der Waals surface area contributed by atoms with E-state index in [2.05, 4.69) is 22.1 Å². The number of aromatic nitrogens is 1. The molecular formula is C23H29N3O2. The normalized spacial score (nSPS) is 15.0. The number of nitrogens with zero attached hydrogens (tertiary/aromatic N) is 2. The molecule has 0 atom stereocenters. The van der Waals surface area contributed by atoms with Crippen LogP contribution in [0.15, 0.2) is 48.7 Å². The Kier molecular flexibility index (Phi) is 7.06. The first-order valence-corrected chi connectivity index (χ1v) is 10.0. The van der Waals surface area contributed by atoms with Crippen LogP contribution in [0.4, 0.5) is 5.82 Å². The zero-order valence-electron chi connectivity index (χ0n) is 16.7. The average molecular weight is 380 g/mol. The average Bonchev–Trinajstić information content (AvgIpc) is 2.73. The lowest BCUT2D eigenvalue weighted by molar-refractivity contribution is -0.116. The van der Waals surface area contributed by atoms with E-state index in [4.69, 9.17) is 4.74 Å². The lowest BCUT2D eigenvalue weighted by Gasteiger charge is -2.31. The van der Waals surface area contributed by atoms with Gasteiger partial charge in [-0.1, -0.05) is 31.2 Å². The Balaban J connectivity index is 1.51. The van der Waals surface area contributed by atoms with Crippen molar-refractivity contribution < 1.29 is 9.53 Å². The molecule has 0 saturated carbocycles. The van der Waals surface area contributed by atoms with Gasteiger partial charge in [0.2, 0.25) is 5.91 Å². The molecule has 0 bridgehead atoms. The topological polar surface area (TPSA) is 54.5 Å². The van der Waals surface area contributed by atoms with Gasteiger partial charge in [0.1, 0.15) is 11.6 Å². The van der Waals surface area contributed by atoms with Crippen molar-refractivity contribution in [3.05, 3.63) is 59.8 Å². The fourth-order valence-electron chi connectivity index (χ4n) is 3.26. The van der Waals surface area contributed by atoms with Crippen LogP contribution in [0.3, 0.4) is 0 Å². The molecule has 3 rings (SSSR count). The van der Waals surface area contributed by atoms with Gasteiger partial charge in [-0.25, -0.2) is 4.98 Å². The number of amides is 1. The van der Waals surface area contributed by atoms with Crippen LogP contribution in [0.2, 0.25) is 0 Å². The SMILES string of the molecule is CCOc1ccccc1C=CC(=O)NCc1ccc(N2CCC(C)CC2)nc1. The number of para-hydroxylation sites is 1. The second-order valence-corrected chi connectivity index (χ2v) is 7.22. The first kappa shape index (κ1) is 19.9. The quantitative estimate of drug-likeness (QED) is 0.738. The van der Waals surface area contributed by atoms with Crippen LogP contribution in [0.5, 0.6) is 5.75 Å². The summed E-state index contributed by atoms with van der Waals surface area (Å²) in [5.41, 5.74) is 1.88. The van der Waals surface area contributed by atoms with Gasteiger partial charge in [0.25, 0.3) is 0 Å². The summed E-state index contributed by atoms with van der Waals surface area (Å²) >= 11 is 0. The predicted molar refractivity (Wildman–Crippen MR) is 113 cm³/mol. The Hall–Kier alpha value is -2.82. The van der Waals surface area contributed by atoms with Crippen LogP contribution in [0.25, 0.3) is 6.08 Å². The van der Waals surface area contributed by atoms with Crippen LogP contribution in [-0.4, -0.2) is 30.6 Å². The van der Waals surface area contributed by atoms with E-state index >= 15 is 0 Å². The molecule has 0 unspecified atom stereocenters. The molecule has 5 nitrogen and oxygen atoms in total. The standard InChI is InChI=1S/C23H29N3O2/c1-3-28-21-7-5-4-6-20(21)9-11-23(27)25-17-19-8-10-22(24-16-19)26-14-12-18(2)13-15-26/h4-11,16,18H,3,12-15,17H2,1-2H3,(H,25,27). The maximum atomic E-state index is 12.1. The number of benzene rings is 1. The monoisotopic (exact) mass is 379 g/mol. The molecule has 0 radical (unpaired) electrons. The van der Waals surface area contributed by atoms with Gasteiger partial charge in [-0.3, -0.25) is 4.79 Å². The number of rotatable bonds is 7. The number of piperidine rings is 1. The maximum absolute atomic E-state index is 12.1. The second-order valence-electron chi connectivity index (χ2n) is 7.22. The number of carbonyl (C=O) groups is 1. The van der Waals surface area contributed by atoms with Gasteiger partial charge >= 0.3 is 0 Å². The van der Waals surface area contributed by atoms with E-state index < -0.39 is 0 Å². The van der Waals surface area contributed by atoms with E-state index in [0.717, 1.165) is 41.7 Å². The summed E-state index contributed by atoms with van der Waals surface area (Å²) in [7, 11) is 0. The Morgan fingerprint density at radius 1 is 1.25 bits per heavy atom. The minimum Gasteiger partial charge on any atom is -0.493 e. The summed E-state index contributed by atoms with van der Waals surface area (Å²) < 4.78 is 5.57. The summed E-state index contributed by atoms with van der Waals surface area (Å²) in [6.07, 6.45) is 7.60. The van der Waals surface area contributed by atoms with Gasteiger partial charge in [0, 0.05) is 37.5 Å². The highest BCUT2D eigenvalue weighted by Crippen LogP contribution is 2.21. The number of carbonyl (C=O) groups excluding carboxylic acids is 1. The van der Waals surface area contributed by atoms with Gasteiger partial charge in [0.05, 0.1) is 6.61 Å². The van der Waals surface area contributed by atoms with Gasteiger partial charge in [0.15, 0.2) is 0 Å². The zero-order chi connectivity index (χ0) is 19.8. The maximum Gasteiger partial charge on any atom is 0.244 e. The number of nitrogens with one attached hydrogen (secondary N) is 1. The van der Waals surface area contributed by atoms with Crippen LogP contribution in [-0.2, 0) is 11.3 Å². The zero-order valence-corrected chi connectivity index (χ0v) is 16.7. The smallest absolute Gasteiger partial charge is 0.244 e. The molecule has 28 heavy (non-hydrogen) atoms. The van der Waals surface area contributed by atoms with Crippen LogP contribution >= 0.6 is 0 Å². The lowest BCUT2D eigenvalue weighted by atomic mass is 9.99. The first-order valence-electron chi connectivity index (χ1n) is 10.0. The van der Waals surface area contributed by atoms with E-state index in [9.17, 15) is 4.79 Å². The summed E-state index contributed by atoms with van der Waals surface area (Å²) in [6, 6.07) is 11.8. The molecule has 5 heteroatoms. The van der Waals surface area contributed by atoms with Gasteiger partial charge < -0.3 is 15.0 Å². The van der Waals surface area contributed by atoms with E-state index in [-0.39, 0.29) is 5.91 Å². The van der Waals surface area contributed by atoms with E-state index in [0.29, 0.717) is 13.2 Å². The molecule has 1 aromatic heterocycles. The largest absolute Gasteiger partial charge is 0.493 e. The molecule has 0 spiro atoms. The van der Waals surface area contributed by atoms with Crippen LogP contribution in [0, 0.1) is 5.92 Å². The minimum absolute atomic E-state index is 0.139. The van der Waals surface area contributed by atoms with Crippen LogP contribution in [0.1, 0.15) is 37.8 Å². The number of pyridine rings is 1. The highest BCUT2D eigenvalue weighted by Gasteiger charge is 2.16. The molecular weight excluding hydrogens is 350 g/mol. The molecule has 1 aliphatic rings. The van der Waals surface area contributed by atoms with E-state index in [1.807, 2.05) is 49.5 Å². The van der Waals surface area contributed by atoms with Crippen molar-refractivity contribution in [1.29, 1.82) is 0 Å². The third-order valence-electron chi connectivity index (χ3n) is 5.02. The third-order valence-corrected chi connectivity index (χ3v) is 5.02. The minimum atomic E-state index is -0.139. The highest BCUT2D eigenvalue weighted by molar-refractivity contribution is 5.92. The Bertz CT molecular complexity index is 794. The van der Waals surface area contributed by atoms with E-state index in [1.165, 1.54) is 18.9 Å². The number of ether oxygens (including phenoxy) is 1. The van der Waals surface area contributed by atoms with Crippen molar-refractivity contribution in [3.63, 3.8) is 0 Å². The molecule has 1 aromatic carbocycles. The van der Waals surface area contributed by atoms with Crippen molar-refractivity contribution in [2.24, 2.45) is 5.92 Å². The molecule has 1 aliphatic heterocycles. The molecule has 1 N–H and O–H groups in total. The Morgan fingerprint density at radius 3 is 2.75 bits per heavy atom. The van der Waals surface area contributed by atoms with Crippen molar-refractivity contribution in [2.75, 3.05) is 24.6 Å². The summed E-state index contributed by atoms with van der Waals surface area (Å²) in [5, 5.41) is 2.91. The Labute approximate surface area is 167 Å². The molecule has 2 aromatic rings. The predicted octanol–water partition coefficient (Wildman–Crippen LogP) is 4.05. The fraction of sp³-hybridized carbons (Fsp3) is 0.391. The van der Waals surface area contributed by atoms with Crippen molar-refractivity contribution in [2.45, 2.75) is 33.2 Å². The van der Waals surface area contributed by atoms with Crippen molar-refractivity contribution in [3.8, 4) is 5.75 Å². The molecule has 1 fully saturated rings. The number of hydrogen-bond acceptors (Lipinski definition) is 4. The first-order chi connectivity index (χ1) is 13.7. The van der Waals surface area contributed by atoms with Crippen molar-refractivity contribution >= 4 is 17.8 Å². The third kappa shape index (κ3) is 5.59. The Morgan fingerprint density at radius 2 is 2.04 bits per heavy atom. The molecule has 0 aliphatic carbocycles. The molecule has 148 valence electrons. The summed E-state index contributed by atoms with van der Waals surface area (Å²) in [6.45, 7) is 7.44. The van der Waals surface area contributed by atoms with E-state index in [1.54, 1.807) is 6.08 Å². The molecule has 1 amide bonds. The summed E-state index contributed by atoms with van der Waals surface area (Å²) in [4.78, 5) is 19.0. The van der Waals surface area contributed by atoms with Gasteiger partial charge in [-0.15, -0.1) is 0 Å². The summed E-state index contributed by atoms with van der Waals surface area (Å²) in [5.74, 6) is 2.47. The van der Waals surface area contributed by atoms with Crippen molar-refractivity contribution in [1.82, 2.24) is 10.3 Å². The van der Waals surface area contributed by atoms with Gasteiger partial charge in [-0.05, 0) is 49.5 Å². The molecule has 1 saturated heterocycles. The fourth-order valence-corrected chi connectivity index (χ4v) is 3.26. The molecule has 2 heterocycles.